The molecule has 4 atom stereocenters. The number of hydrogen-bond acceptors (Lipinski definition) is 2. The van der Waals surface area contributed by atoms with Gasteiger partial charge in [0, 0.05) is 11.6 Å². The lowest BCUT2D eigenvalue weighted by molar-refractivity contribution is 0.0441. The van der Waals surface area contributed by atoms with E-state index in [1.54, 1.807) is 0 Å². The molecule has 0 aromatic carbocycles. The van der Waals surface area contributed by atoms with Crippen LogP contribution in [-0.2, 0) is 0 Å². The zero-order valence-corrected chi connectivity index (χ0v) is 14.3. The van der Waals surface area contributed by atoms with Gasteiger partial charge in [-0.2, -0.15) is 0 Å². The van der Waals surface area contributed by atoms with Crippen molar-refractivity contribution < 1.29 is 0 Å². The van der Waals surface area contributed by atoms with Crippen LogP contribution in [0.2, 0.25) is 0 Å². The predicted molar refractivity (Wildman–Crippen MR) is 85.5 cm³/mol. The molecular weight excluding hydrogens is 232 g/mol. The Morgan fingerprint density at radius 1 is 1.11 bits per heavy atom. The normalized spacial score (nSPS) is 30.6. The highest BCUT2D eigenvalue weighted by molar-refractivity contribution is 4.98. The molecule has 114 valence electrons. The number of likely N-dealkylation sites (N-methyl/N-ethyl adjacent to an activating group) is 2. The third-order valence-corrected chi connectivity index (χ3v) is 5.76. The van der Waals surface area contributed by atoms with E-state index in [4.69, 9.17) is 0 Å². The highest BCUT2D eigenvalue weighted by atomic mass is 15.2. The molecule has 0 amide bonds. The summed E-state index contributed by atoms with van der Waals surface area (Å²) in [5, 5.41) is 3.65. The second-order valence-corrected chi connectivity index (χ2v) is 7.12. The molecule has 0 aliphatic heterocycles. The van der Waals surface area contributed by atoms with E-state index in [1.165, 1.54) is 19.3 Å². The molecule has 0 saturated heterocycles. The Morgan fingerprint density at radius 3 is 2.11 bits per heavy atom. The number of nitrogens with one attached hydrogen (secondary N) is 1. The van der Waals surface area contributed by atoms with Crippen LogP contribution in [0.3, 0.4) is 0 Å². The van der Waals surface area contributed by atoms with Crippen LogP contribution < -0.4 is 5.32 Å². The molecule has 2 heteroatoms. The van der Waals surface area contributed by atoms with E-state index in [0.717, 1.165) is 30.8 Å². The SMILES string of the molecule is CCN(CC)C(C)(C)C(NC)C1CCC(C)C(C)C1. The molecule has 0 aromatic heterocycles. The molecule has 0 radical (unpaired) electrons. The monoisotopic (exact) mass is 268 g/mol. The van der Waals surface area contributed by atoms with Crippen molar-refractivity contribution in [2.45, 2.75) is 72.4 Å². The van der Waals surface area contributed by atoms with Crippen LogP contribution in [0, 0.1) is 17.8 Å². The summed E-state index contributed by atoms with van der Waals surface area (Å²) in [5.74, 6) is 2.61. The van der Waals surface area contributed by atoms with E-state index in [2.05, 4.69) is 58.8 Å². The van der Waals surface area contributed by atoms with E-state index in [0.29, 0.717) is 6.04 Å². The van der Waals surface area contributed by atoms with E-state index in [1.807, 2.05) is 0 Å². The van der Waals surface area contributed by atoms with Gasteiger partial charge in [0.1, 0.15) is 0 Å². The van der Waals surface area contributed by atoms with Crippen molar-refractivity contribution in [3.05, 3.63) is 0 Å². The highest BCUT2D eigenvalue weighted by Gasteiger charge is 2.40. The first-order valence-electron chi connectivity index (χ1n) is 8.30. The number of hydrogen-bond donors (Lipinski definition) is 1. The highest BCUT2D eigenvalue weighted by Crippen LogP contribution is 2.38. The fourth-order valence-corrected chi connectivity index (χ4v) is 4.29. The molecule has 1 rings (SSSR count). The van der Waals surface area contributed by atoms with Crippen molar-refractivity contribution in [3.8, 4) is 0 Å². The van der Waals surface area contributed by atoms with Crippen molar-refractivity contribution in [1.82, 2.24) is 10.2 Å². The van der Waals surface area contributed by atoms with Crippen molar-refractivity contribution in [3.63, 3.8) is 0 Å². The van der Waals surface area contributed by atoms with Crippen LogP contribution in [0.15, 0.2) is 0 Å². The summed E-state index contributed by atoms with van der Waals surface area (Å²) >= 11 is 0. The van der Waals surface area contributed by atoms with Gasteiger partial charge in [-0.25, -0.2) is 0 Å². The zero-order chi connectivity index (χ0) is 14.6. The van der Waals surface area contributed by atoms with E-state index < -0.39 is 0 Å². The minimum Gasteiger partial charge on any atom is -0.315 e. The summed E-state index contributed by atoms with van der Waals surface area (Å²) in [7, 11) is 2.15. The maximum absolute atomic E-state index is 3.65. The molecular formula is C17H36N2. The quantitative estimate of drug-likeness (QED) is 0.789. The lowest BCUT2D eigenvalue weighted by Crippen LogP contribution is -2.60. The third-order valence-electron chi connectivity index (χ3n) is 5.76. The molecule has 1 fully saturated rings. The summed E-state index contributed by atoms with van der Waals surface area (Å²) in [6.07, 6.45) is 4.18. The van der Waals surface area contributed by atoms with Gasteiger partial charge in [-0.1, -0.05) is 34.1 Å². The first kappa shape index (κ1) is 17.0. The first-order valence-corrected chi connectivity index (χ1v) is 8.30. The molecule has 19 heavy (non-hydrogen) atoms. The van der Waals surface area contributed by atoms with Crippen LogP contribution in [0.4, 0.5) is 0 Å². The fourth-order valence-electron chi connectivity index (χ4n) is 4.29. The summed E-state index contributed by atoms with van der Waals surface area (Å²) in [4.78, 5) is 2.61. The summed E-state index contributed by atoms with van der Waals surface area (Å²) in [6.45, 7) is 16.5. The molecule has 1 saturated carbocycles. The van der Waals surface area contributed by atoms with Gasteiger partial charge in [-0.15, -0.1) is 0 Å². The fraction of sp³-hybridized carbons (Fsp3) is 1.00. The van der Waals surface area contributed by atoms with Gasteiger partial charge in [-0.3, -0.25) is 4.90 Å². The molecule has 0 spiro atoms. The maximum Gasteiger partial charge on any atom is 0.0308 e. The van der Waals surface area contributed by atoms with Crippen LogP contribution >= 0.6 is 0 Å². The van der Waals surface area contributed by atoms with Gasteiger partial charge in [-0.05, 0) is 64.6 Å². The summed E-state index contributed by atoms with van der Waals surface area (Å²) in [6, 6.07) is 0.599. The van der Waals surface area contributed by atoms with Crippen LogP contribution in [-0.4, -0.2) is 36.6 Å². The predicted octanol–water partition coefficient (Wildman–Crippen LogP) is 3.77. The molecule has 0 bridgehead atoms. The average molecular weight is 268 g/mol. The number of nitrogens with zero attached hydrogens (tertiary/aromatic N) is 1. The molecule has 4 unspecified atom stereocenters. The van der Waals surface area contributed by atoms with E-state index in [9.17, 15) is 0 Å². The second kappa shape index (κ2) is 7.08. The van der Waals surface area contributed by atoms with Gasteiger partial charge in [0.25, 0.3) is 0 Å². The van der Waals surface area contributed by atoms with Gasteiger partial charge >= 0.3 is 0 Å². The zero-order valence-electron chi connectivity index (χ0n) is 14.3. The van der Waals surface area contributed by atoms with E-state index >= 15 is 0 Å². The van der Waals surface area contributed by atoms with Gasteiger partial charge in [0.05, 0.1) is 0 Å². The van der Waals surface area contributed by atoms with Crippen LogP contribution in [0.5, 0.6) is 0 Å². The smallest absolute Gasteiger partial charge is 0.0308 e. The Labute approximate surface area is 121 Å². The summed E-state index contributed by atoms with van der Waals surface area (Å²) in [5.41, 5.74) is 0.239. The largest absolute Gasteiger partial charge is 0.315 e. The molecule has 1 N–H and O–H groups in total. The maximum atomic E-state index is 3.65. The van der Waals surface area contributed by atoms with Crippen LogP contribution in [0.25, 0.3) is 0 Å². The standard InChI is InChI=1S/C17H36N2/c1-8-19(9-2)17(5,6)16(18-7)15-11-10-13(3)14(4)12-15/h13-16,18H,8-12H2,1-7H3. The minimum absolute atomic E-state index is 0.239. The first-order chi connectivity index (χ1) is 8.88. The Balaban J connectivity index is 2.81. The Morgan fingerprint density at radius 2 is 1.68 bits per heavy atom. The van der Waals surface area contributed by atoms with Crippen molar-refractivity contribution in [2.24, 2.45) is 17.8 Å². The van der Waals surface area contributed by atoms with Crippen molar-refractivity contribution >= 4 is 0 Å². The van der Waals surface area contributed by atoms with Gasteiger partial charge < -0.3 is 5.32 Å². The molecule has 2 nitrogen and oxygen atoms in total. The lowest BCUT2D eigenvalue weighted by Gasteiger charge is -2.48. The summed E-state index contributed by atoms with van der Waals surface area (Å²) < 4.78 is 0. The average Bonchev–Trinajstić information content (AvgIpc) is 2.35. The molecule has 0 aromatic rings. The van der Waals surface area contributed by atoms with Gasteiger partial charge in [0.2, 0.25) is 0 Å². The lowest BCUT2D eigenvalue weighted by atomic mass is 9.69. The molecule has 1 aliphatic carbocycles. The minimum atomic E-state index is 0.239. The van der Waals surface area contributed by atoms with Crippen molar-refractivity contribution in [2.75, 3.05) is 20.1 Å². The Bertz CT molecular complexity index is 258. The van der Waals surface area contributed by atoms with E-state index in [-0.39, 0.29) is 5.54 Å². The molecule has 1 aliphatic rings. The topological polar surface area (TPSA) is 15.3 Å². The second-order valence-electron chi connectivity index (χ2n) is 7.12. The van der Waals surface area contributed by atoms with Gasteiger partial charge in [0.15, 0.2) is 0 Å². The third kappa shape index (κ3) is 3.72. The molecule has 0 heterocycles. The Kier molecular flexibility index (Phi) is 6.32. The van der Waals surface area contributed by atoms with Crippen molar-refractivity contribution in [1.29, 1.82) is 0 Å². The Hall–Kier alpha value is -0.0800. The van der Waals surface area contributed by atoms with Crippen LogP contribution in [0.1, 0.15) is 60.8 Å². The number of rotatable bonds is 6.